The van der Waals surface area contributed by atoms with Gasteiger partial charge >= 0.3 is 0 Å². The van der Waals surface area contributed by atoms with Gasteiger partial charge in [-0.2, -0.15) is 5.10 Å². The number of hydrogen-bond acceptors (Lipinski definition) is 3. The maximum absolute atomic E-state index is 12.2. The van der Waals surface area contributed by atoms with Crippen molar-refractivity contribution in [1.29, 1.82) is 0 Å². The molecule has 0 saturated heterocycles. The van der Waals surface area contributed by atoms with Crippen LogP contribution in [-0.4, -0.2) is 20.5 Å². The molecule has 1 aromatic carbocycles. The fourth-order valence-electron chi connectivity index (χ4n) is 2.03. The molecule has 0 saturated carbocycles. The third kappa shape index (κ3) is 2.87. The summed E-state index contributed by atoms with van der Waals surface area (Å²) in [6, 6.07) is 7.81. The van der Waals surface area contributed by atoms with E-state index in [2.05, 4.69) is 15.4 Å². The van der Waals surface area contributed by atoms with E-state index in [0.717, 1.165) is 11.1 Å². The molecule has 0 spiro atoms. The van der Waals surface area contributed by atoms with E-state index in [0.29, 0.717) is 23.5 Å². The van der Waals surface area contributed by atoms with Gasteiger partial charge in [0.05, 0.1) is 23.5 Å². The van der Waals surface area contributed by atoms with Crippen molar-refractivity contribution in [2.24, 2.45) is 0 Å². The van der Waals surface area contributed by atoms with Crippen LogP contribution in [0.15, 0.2) is 49.1 Å². The van der Waals surface area contributed by atoms with Crippen molar-refractivity contribution < 1.29 is 4.79 Å². The Morgan fingerprint density at radius 3 is 2.71 bits per heavy atom. The standard InChI is InChI=1S/C15H13ClN4O/c16-7-11-1-3-12(4-2-11)8-18-15(21)13-9-19-20-6-5-17-10-14(13)20/h1-6,9-10H,7-8H2,(H,18,21). The summed E-state index contributed by atoms with van der Waals surface area (Å²) in [6.45, 7) is 0.457. The third-order valence-electron chi connectivity index (χ3n) is 3.20. The number of halogens is 1. The third-order valence-corrected chi connectivity index (χ3v) is 3.51. The van der Waals surface area contributed by atoms with Crippen molar-refractivity contribution in [1.82, 2.24) is 19.9 Å². The highest BCUT2D eigenvalue weighted by Crippen LogP contribution is 2.10. The second kappa shape index (κ2) is 5.93. The molecule has 0 fully saturated rings. The van der Waals surface area contributed by atoms with Gasteiger partial charge in [0.1, 0.15) is 0 Å². The first-order valence-electron chi connectivity index (χ1n) is 6.47. The molecule has 2 aromatic heterocycles. The molecule has 0 aliphatic rings. The molecule has 0 aliphatic heterocycles. The molecule has 3 rings (SSSR count). The van der Waals surface area contributed by atoms with Gasteiger partial charge in [0.25, 0.3) is 5.91 Å². The fraction of sp³-hybridized carbons (Fsp3) is 0.133. The van der Waals surface area contributed by atoms with E-state index in [4.69, 9.17) is 11.6 Å². The maximum Gasteiger partial charge on any atom is 0.255 e. The summed E-state index contributed by atoms with van der Waals surface area (Å²) in [5.74, 6) is 0.321. The smallest absolute Gasteiger partial charge is 0.255 e. The second-order valence-corrected chi connectivity index (χ2v) is 4.86. The number of aromatic nitrogens is 3. The van der Waals surface area contributed by atoms with Crippen molar-refractivity contribution in [2.45, 2.75) is 12.4 Å². The van der Waals surface area contributed by atoms with Gasteiger partial charge in [0.15, 0.2) is 0 Å². The summed E-state index contributed by atoms with van der Waals surface area (Å²) < 4.78 is 1.62. The lowest BCUT2D eigenvalue weighted by Crippen LogP contribution is -2.22. The summed E-state index contributed by atoms with van der Waals surface area (Å²) in [6.07, 6.45) is 6.50. The summed E-state index contributed by atoms with van der Waals surface area (Å²) in [4.78, 5) is 16.2. The Labute approximate surface area is 126 Å². The van der Waals surface area contributed by atoms with Crippen LogP contribution in [-0.2, 0) is 12.4 Å². The van der Waals surface area contributed by atoms with Crippen LogP contribution in [0.1, 0.15) is 21.5 Å². The molecular formula is C15H13ClN4O. The van der Waals surface area contributed by atoms with Crippen molar-refractivity contribution >= 4 is 23.0 Å². The zero-order valence-corrected chi connectivity index (χ0v) is 11.9. The van der Waals surface area contributed by atoms with E-state index in [1.165, 1.54) is 0 Å². The van der Waals surface area contributed by atoms with E-state index >= 15 is 0 Å². The van der Waals surface area contributed by atoms with Crippen LogP contribution >= 0.6 is 11.6 Å². The molecule has 21 heavy (non-hydrogen) atoms. The lowest BCUT2D eigenvalue weighted by Gasteiger charge is -2.05. The summed E-state index contributed by atoms with van der Waals surface area (Å²) in [7, 11) is 0. The Morgan fingerprint density at radius 1 is 1.19 bits per heavy atom. The number of carbonyl (C=O) groups is 1. The summed E-state index contributed by atoms with van der Waals surface area (Å²) in [5, 5.41) is 7.00. The Kier molecular flexibility index (Phi) is 3.83. The molecule has 1 N–H and O–H groups in total. The van der Waals surface area contributed by atoms with Crippen molar-refractivity contribution in [3.63, 3.8) is 0 Å². The molecule has 0 radical (unpaired) electrons. The van der Waals surface area contributed by atoms with Crippen LogP contribution in [0.4, 0.5) is 0 Å². The van der Waals surface area contributed by atoms with Crippen molar-refractivity contribution in [3.8, 4) is 0 Å². The van der Waals surface area contributed by atoms with Crippen molar-refractivity contribution in [3.05, 3.63) is 65.7 Å². The van der Waals surface area contributed by atoms with Gasteiger partial charge in [-0.25, -0.2) is 4.52 Å². The topological polar surface area (TPSA) is 59.3 Å². The largest absolute Gasteiger partial charge is 0.348 e. The number of rotatable bonds is 4. The molecule has 2 heterocycles. The molecule has 0 atom stereocenters. The van der Waals surface area contributed by atoms with Gasteiger partial charge in [-0.05, 0) is 11.1 Å². The van der Waals surface area contributed by atoms with Crippen LogP contribution in [0.25, 0.3) is 5.52 Å². The number of nitrogens with zero attached hydrogens (tertiary/aromatic N) is 3. The fourth-order valence-corrected chi connectivity index (χ4v) is 2.21. The Balaban J connectivity index is 1.71. The zero-order valence-electron chi connectivity index (χ0n) is 11.2. The van der Waals surface area contributed by atoms with Gasteiger partial charge in [-0.15, -0.1) is 11.6 Å². The highest BCUT2D eigenvalue weighted by atomic mass is 35.5. The monoisotopic (exact) mass is 300 g/mol. The van der Waals surface area contributed by atoms with E-state index in [9.17, 15) is 4.79 Å². The van der Waals surface area contributed by atoms with Crippen LogP contribution in [0.3, 0.4) is 0 Å². The van der Waals surface area contributed by atoms with E-state index in [1.54, 1.807) is 29.3 Å². The average molecular weight is 301 g/mol. The summed E-state index contributed by atoms with van der Waals surface area (Å²) in [5.41, 5.74) is 3.28. The zero-order chi connectivity index (χ0) is 14.7. The van der Waals surface area contributed by atoms with Gasteiger partial charge in [-0.3, -0.25) is 9.78 Å². The molecule has 0 unspecified atom stereocenters. The predicted octanol–water partition coefficient (Wildman–Crippen LogP) is 2.40. The molecule has 3 aromatic rings. The minimum atomic E-state index is -0.167. The minimum absolute atomic E-state index is 0.167. The lowest BCUT2D eigenvalue weighted by molar-refractivity contribution is 0.0952. The highest BCUT2D eigenvalue weighted by molar-refractivity contribution is 6.17. The van der Waals surface area contributed by atoms with E-state index < -0.39 is 0 Å². The first kappa shape index (κ1) is 13.6. The SMILES string of the molecule is O=C(NCc1ccc(CCl)cc1)c1cnn2ccncc12. The molecule has 106 valence electrons. The van der Waals surface area contributed by atoms with Crippen LogP contribution < -0.4 is 5.32 Å². The molecular weight excluding hydrogens is 288 g/mol. The number of carbonyl (C=O) groups excluding carboxylic acids is 1. The number of fused-ring (bicyclic) bond motifs is 1. The normalized spacial score (nSPS) is 10.7. The lowest BCUT2D eigenvalue weighted by atomic mass is 10.1. The Hall–Kier alpha value is -2.40. The van der Waals surface area contributed by atoms with Gasteiger partial charge < -0.3 is 5.32 Å². The number of alkyl halides is 1. The minimum Gasteiger partial charge on any atom is -0.348 e. The van der Waals surface area contributed by atoms with Gasteiger partial charge in [0, 0.05) is 24.8 Å². The number of amides is 1. The molecule has 6 heteroatoms. The molecule has 0 bridgehead atoms. The van der Waals surface area contributed by atoms with Crippen LogP contribution in [0.5, 0.6) is 0 Å². The Morgan fingerprint density at radius 2 is 1.95 bits per heavy atom. The molecule has 0 aliphatic carbocycles. The van der Waals surface area contributed by atoms with E-state index in [-0.39, 0.29) is 5.91 Å². The van der Waals surface area contributed by atoms with E-state index in [1.807, 2.05) is 24.3 Å². The van der Waals surface area contributed by atoms with Crippen LogP contribution in [0, 0.1) is 0 Å². The van der Waals surface area contributed by atoms with Gasteiger partial charge in [0.2, 0.25) is 0 Å². The van der Waals surface area contributed by atoms with Crippen LogP contribution in [0.2, 0.25) is 0 Å². The molecule has 5 nitrogen and oxygen atoms in total. The number of hydrogen-bond donors (Lipinski definition) is 1. The van der Waals surface area contributed by atoms with Crippen molar-refractivity contribution in [2.75, 3.05) is 0 Å². The first-order valence-corrected chi connectivity index (χ1v) is 7.01. The molecule has 1 amide bonds. The quantitative estimate of drug-likeness (QED) is 0.753. The summed E-state index contributed by atoms with van der Waals surface area (Å²) >= 11 is 5.74. The predicted molar refractivity (Wildman–Crippen MR) is 80.2 cm³/mol. The number of nitrogens with one attached hydrogen (secondary N) is 1. The number of benzene rings is 1. The maximum atomic E-state index is 12.2. The van der Waals surface area contributed by atoms with Gasteiger partial charge in [-0.1, -0.05) is 24.3 Å². The second-order valence-electron chi connectivity index (χ2n) is 4.60. The average Bonchev–Trinajstić information content (AvgIpc) is 2.97. The Bertz CT molecular complexity index is 767. The highest BCUT2D eigenvalue weighted by Gasteiger charge is 2.12. The first-order chi connectivity index (χ1) is 10.3.